The Kier molecular flexibility index (Phi) is 8.37. The molecule has 0 unspecified atom stereocenters. The number of carbonyl (C=O) groups excluding carboxylic acids is 4. The monoisotopic (exact) mass is 432 g/mol. The van der Waals surface area contributed by atoms with Gasteiger partial charge in [0.2, 0.25) is 0 Å². The molecule has 0 atom stereocenters. The number of nitrogens with one attached hydrogen (secondary N) is 2. The maximum atomic E-state index is 12.0. The van der Waals surface area contributed by atoms with E-state index in [-0.39, 0.29) is 24.4 Å². The van der Waals surface area contributed by atoms with Crippen LogP contribution in [-0.4, -0.2) is 44.0 Å². The Balaban J connectivity index is 1.75. The van der Waals surface area contributed by atoms with Crippen molar-refractivity contribution < 1.29 is 28.7 Å². The average molecular weight is 433 g/mol. The lowest BCUT2D eigenvalue weighted by Crippen LogP contribution is -2.27. The highest BCUT2D eigenvalue weighted by molar-refractivity contribution is 6.30. The van der Waals surface area contributed by atoms with Gasteiger partial charge in [-0.05, 0) is 48.9 Å². The van der Waals surface area contributed by atoms with Crippen LogP contribution in [0.15, 0.2) is 42.5 Å². The van der Waals surface area contributed by atoms with Crippen LogP contribution >= 0.6 is 11.6 Å². The van der Waals surface area contributed by atoms with Crippen LogP contribution in [0.2, 0.25) is 5.02 Å². The molecule has 2 aromatic rings. The third-order valence-electron chi connectivity index (χ3n) is 4.02. The summed E-state index contributed by atoms with van der Waals surface area (Å²) in [5.41, 5.74) is 1.84. The van der Waals surface area contributed by atoms with Crippen LogP contribution in [0.3, 0.4) is 0 Å². The number of hydrogen-bond donors (Lipinski definition) is 2. The van der Waals surface area contributed by atoms with Crippen LogP contribution in [0, 0.1) is 6.92 Å². The van der Waals surface area contributed by atoms with E-state index in [9.17, 15) is 19.2 Å². The van der Waals surface area contributed by atoms with Gasteiger partial charge in [0.15, 0.2) is 6.61 Å². The van der Waals surface area contributed by atoms with E-state index in [1.165, 1.54) is 13.2 Å². The highest BCUT2D eigenvalue weighted by Gasteiger charge is 2.13. The van der Waals surface area contributed by atoms with Crippen molar-refractivity contribution in [3.63, 3.8) is 0 Å². The van der Waals surface area contributed by atoms with E-state index in [0.717, 1.165) is 5.56 Å². The molecule has 9 heteroatoms. The summed E-state index contributed by atoms with van der Waals surface area (Å²) in [5, 5.41) is 5.67. The maximum Gasteiger partial charge on any atom is 0.337 e. The molecule has 2 amide bonds. The van der Waals surface area contributed by atoms with Crippen LogP contribution in [0.5, 0.6) is 0 Å². The zero-order chi connectivity index (χ0) is 22.1. The fourth-order valence-corrected chi connectivity index (χ4v) is 2.51. The first-order chi connectivity index (χ1) is 14.3. The summed E-state index contributed by atoms with van der Waals surface area (Å²) in [4.78, 5) is 47.3. The zero-order valence-corrected chi connectivity index (χ0v) is 17.2. The van der Waals surface area contributed by atoms with E-state index in [1.807, 2.05) is 0 Å². The fourth-order valence-electron chi connectivity index (χ4n) is 2.39. The van der Waals surface area contributed by atoms with Gasteiger partial charge in [0.05, 0.1) is 19.1 Å². The standard InChI is InChI=1S/C21H21ClN2O6/c1-13-3-4-15(21(28)29-2)11-17(13)24-18(25)12-30-19(26)9-10-23-20(27)14-5-7-16(22)8-6-14/h3-8,11H,9-10,12H2,1-2H3,(H,23,27)(H,24,25). The van der Waals surface area contributed by atoms with Crippen LogP contribution in [0.25, 0.3) is 0 Å². The van der Waals surface area contributed by atoms with E-state index >= 15 is 0 Å². The highest BCUT2D eigenvalue weighted by atomic mass is 35.5. The van der Waals surface area contributed by atoms with Crippen molar-refractivity contribution in [1.82, 2.24) is 5.32 Å². The lowest BCUT2D eigenvalue weighted by atomic mass is 10.1. The molecule has 2 aromatic carbocycles. The van der Waals surface area contributed by atoms with Crippen molar-refractivity contribution in [2.75, 3.05) is 25.6 Å². The van der Waals surface area contributed by atoms with Crippen LogP contribution < -0.4 is 10.6 Å². The Morgan fingerprint density at radius 1 is 1.00 bits per heavy atom. The number of benzene rings is 2. The summed E-state index contributed by atoms with van der Waals surface area (Å²) in [7, 11) is 1.26. The molecule has 158 valence electrons. The fraction of sp³-hybridized carbons (Fsp3) is 0.238. The van der Waals surface area contributed by atoms with Gasteiger partial charge in [0.1, 0.15) is 0 Å². The maximum absolute atomic E-state index is 12.0. The number of carbonyl (C=O) groups is 4. The van der Waals surface area contributed by atoms with Gasteiger partial charge in [0, 0.05) is 22.8 Å². The average Bonchev–Trinajstić information content (AvgIpc) is 2.73. The second kappa shape index (κ2) is 11.0. The summed E-state index contributed by atoms with van der Waals surface area (Å²) in [5.74, 6) is -2.07. The third-order valence-corrected chi connectivity index (χ3v) is 4.27. The van der Waals surface area contributed by atoms with Crippen LogP contribution in [0.1, 0.15) is 32.7 Å². The van der Waals surface area contributed by atoms with E-state index < -0.39 is 24.5 Å². The van der Waals surface area contributed by atoms with Gasteiger partial charge in [-0.25, -0.2) is 4.79 Å². The molecule has 2 N–H and O–H groups in total. The van der Waals surface area contributed by atoms with E-state index in [1.54, 1.807) is 43.3 Å². The van der Waals surface area contributed by atoms with E-state index in [4.69, 9.17) is 16.3 Å². The van der Waals surface area contributed by atoms with Crippen molar-refractivity contribution in [3.05, 3.63) is 64.2 Å². The first kappa shape index (κ1) is 22.9. The lowest BCUT2D eigenvalue weighted by molar-refractivity contribution is -0.147. The topological polar surface area (TPSA) is 111 Å². The largest absolute Gasteiger partial charge is 0.465 e. The second-order valence-corrected chi connectivity index (χ2v) is 6.68. The molecule has 0 bridgehead atoms. The van der Waals surface area contributed by atoms with Crippen LogP contribution in [0.4, 0.5) is 5.69 Å². The Labute approximate surface area is 178 Å². The predicted octanol–water partition coefficient (Wildman–Crippen LogP) is 2.74. The number of ether oxygens (including phenoxy) is 2. The number of aryl methyl sites for hydroxylation is 1. The van der Waals surface area contributed by atoms with Crippen LogP contribution in [-0.2, 0) is 19.1 Å². The van der Waals surface area contributed by atoms with Gasteiger partial charge in [0.25, 0.3) is 11.8 Å². The molecule has 0 aliphatic rings. The quantitative estimate of drug-likeness (QED) is 0.620. The van der Waals surface area contributed by atoms with Crippen molar-refractivity contribution >= 4 is 41.0 Å². The summed E-state index contributed by atoms with van der Waals surface area (Å²) in [6.45, 7) is 1.32. The third kappa shape index (κ3) is 6.89. The molecule has 0 fully saturated rings. The summed E-state index contributed by atoms with van der Waals surface area (Å²) in [6, 6.07) is 11.0. The molecule has 0 aliphatic heterocycles. The Morgan fingerprint density at radius 2 is 1.67 bits per heavy atom. The second-order valence-electron chi connectivity index (χ2n) is 6.24. The lowest BCUT2D eigenvalue weighted by Gasteiger charge is -2.10. The van der Waals surface area contributed by atoms with E-state index in [2.05, 4.69) is 15.4 Å². The number of halogens is 1. The molecule has 0 heterocycles. The smallest absolute Gasteiger partial charge is 0.337 e. The first-order valence-corrected chi connectivity index (χ1v) is 9.36. The molecule has 30 heavy (non-hydrogen) atoms. The summed E-state index contributed by atoms with van der Waals surface area (Å²) in [6.07, 6.45) is -0.0938. The van der Waals surface area contributed by atoms with Gasteiger partial charge in [-0.1, -0.05) is 17.7 Å². The predicted molar refractivity (Wildman–Crippen MR) is 111 cm³/mol. The SMILES string of the molecule is COC(=O)c1ccc(C)c(NC(=O)COC(=O)CCNC(=O)c2ccc(Cl)cc2)c1. The zero-order valence-electron chi connectivity index (χ0n) is 16.5. The number of hydrogen-bond acceptors (Lipinski definition) is 6. The van der Waals surface area contributed by atoms with Crippen molar-refractivity contribution in [2.24, 2.45) is 0 Å². The minimum Gasteiger partial charge on any atom is -0.465 e. The van der Waals surface area contributed by atoms with Gasteiger partial charge < -0.3 is 20.1 Å². The Hall–Kier alpha value is -3.39. The molecule has 0 aromatic heterocycles. The molecule has 0 aliphatic carbocycles. The minimum atomic E-state index is -0.637. The molecule has 2 rings (SSSR count). The first-order valence-electron chi connectivity index (χ1n) is 8.98. The number of anilines is 1. The molecular formula is C21H21ClN2O6. The van der Waals surface area contributed by atoms with Gasteiger partial charge >= 0.3 is 11.9 Å². The van der Waals surface area contributed by atoms with Crippen molar-refractivity contribution in [1.29, 1.82) is 0 Å². The number of amides is 2. The molecule has 0 spiro atoms. The molecule has 0 saturated carbocycles. The van der Waals surface area contributed by atoms with Crippen molar-refractivity contribution in [2.45, 2.75) is 13.3 Å². The summed E-state index contributed by atoms with van der Waals surface area (Å²) >= 11 is 5.76. The number of methoxy groups -OCH3 is 1. The molecule has 8 nitrogen and oxygen atoms in total. The van der Waals surface area contributed by atoms with Gasteiger partial charge in [-0.2, -0.15) is 0 Å². The number of esters is 2. The molecule has 0 radical (unpaired) electrons. The van der Waals surface area contributed by atoms with Gasteiger partial charge in [-0.15, -0.1) is 0 Å². The number of rotatable bonds is 8. The molecule has 0 saturated heterocycles. The van der Waals surface area contributed by atoms with Gasteiger partial charge in [-0.3, -0.25) is 14.4 Å². The van der Waals surface area contributed by atoms with E-state index in [0.29, 0.717) is 16.3 Å². The Bertz CT molecular complexity index is 943. The summed E-state index contributed by atoms with van der Waals surface area (Å²) < 4.78 is 9.55. The molecular weight excluding hydrogens is 412 g/mol. The normalized spacial score (nSPS) is 10.1. The Morgan fingerprint density at radius 3 is 2.33 bits per heavy atom. The van der Waals surface area contributed by atoms with Crippen molar-refractivity contribution in [3.8, 4) is 0 Å². The minimum absolute atomic E-state index is 0.0577. The highest BCUT2D eigenvalue weighted by Crippen LogP contribution is 2.17.